The molecule has 1 atom stereocenters. The largest absolute Gasteiger partial charge is 0.359 e. The highest BCUT2D eigenvalue weighted by Crippen LogP contribution is 2.03. The highest BCUT2D eigenvalue weighted by molar-refractivity contribution is 6.01. The molecule has 3 N–H and O–H groups in total. The lowest BCUT2D eigenvalue weighted by Gasteiger charge is -2.09. The van der Waals surface area contributed by atoms with E-state index in [2.05, 4.69) is 10.5 Å². The van der Waals surface area contributed by atoms with Crippen molar-refractivity contribution in [3.8, 4) is 0 Å². The van der Waals surface area contributed by atoms with E-state index in [9.17, 15) is 9.59 Å². The maximum Gasteiger partial charge on any atom is 0.269 e. The van der Waals surface area contributed by atoms with E-state index in [-0.39, 0.29) is 18.1 Å². The lowest BCUT2D eigenvalue weighted by molar-refractivity contribution is -0.131. The van der Waals surface area contributed by atoms with Crippen LogP contribution in [-0.2, 0) is 14.4 Å². The number of hydrogen-bond donors (Lipinski definition) is 2. The number of allylic oxidation sites excluding steroid dienone is 1. The number of ketones is 1. The van der Waals surface area contributed by atoms with Crippen molar-refractivity contribution in [2.75, 3.05) is 0 Å². The highest BCUT2D eigenvalue weighted by atomic mass is 16.7. The summed E-state index contributed by atoms with van der Waals surface area (Å²) in [7, 11) is 0. The normalized spacial score (nSPS) is 17.3. The molecule has 0 bridgehead atoms. The smallest absolute Gasteiger partial charge is 0.269 e. The fraction of sp³-hybridized carbons (Fsp3) is 0.375. The maximum absolute atomic E-state index is 10.9. The van der Waals surface area contributed by atoms with Crippen molar-refractivity contribution in [1.29, 1.82) is 0 Å². The van der Waals surface area contributed by atoms with Crippen molar-refractivity contribution < 1.29 is 14.4 Å². The van der Waals surface area contributed by atoms with Crippen LogP contribution >= 0.6 is 0 Å². The molecular weight excluding hydrogens is 186 g/mol. The lowest BCUT2D eigenvalue weighted by atomic mass is 10.2. The molecule has 76 valence electrons. The van der Waals surface area contributed by atoms with Crippen molar-refractivity contribution in [2.24, 2.45) is 10.7 Å². The zero-order valence-electron chi connectivity index (χ0n) is 7.69. The van der Waals surface area contributed by atoms with Crippen LogP contribution in [0.2, 0.25) is 0 Å². The third kappa shape index (κ3) is 2.98. The van der Waals surface area contributed by atoms with Crippen molar-refractivity contribution in [3.05, 3.63) is 12.0 Å². The fourth-order valence-electron chi connectivity index (χ4n) is 0.711. The molecule has 14 heavy (non-hydrogen) atoms. The second-order valence-electron chi connectivity index (χ2n) is 2.82. The Kier molecular flexibility index (Phi) is 3.35. The van der Waals surface area contributed by atoms with Crippen LogP contribution in [0.1, 0.15) is 13.3 Å². The summed E-state index contributed by atoms with van der Waals surface area (Å²) in [4.78, 5) is 30.3. The molecule has 0 aromatic rings. The van der Waals surface area contributed by atoms with Gasteiger partial charge in [0.05, 0.1) is 6.04 Å². The zero-order chi connectivity index (χ0) is 10.6. The van der Waals surface area contributed by atoms with Crippen LogP contribution in [0.3, 0.4) is 0 Å². The summed E-state index contributed by atoms with van der Waals surface area (Å²) in [5.41, 5.74) is 7.34. The van der Waals surface area contributed by atoms with Gasteiger partial charge in [-0.2, -0.15) is 5.48 Å². The third-order valence-electron chi connectivity index (χ3n) is 1.47. The summed E-state index contributed by atoms with van der Waals surface area (Å²) in [5.74, 6) is -0.528. The summed E-state index contributed by atoms with van der Waals surface area (Å²) in [6.45, 7) is 1.52. The predicted octanol–water partition coefficient (Wildman–Crippen LogP) is -0.734. The molecule has 0 aromatic carbocycles. The van der Waals surface area contributed by atoms with Gasteiger partial charge in [0.1, 0.15) is 0 Å². The van der Waals surface area contributed by atoms with E-state index in [1.165, 1.54) is 19.2 Å². The van der Waals surface area contributed by atoms with Crippen LogP contribution in [0, 0.1) is 0 Å². The monoisotopic (exact) mass is 197 g/mol. The topological polar surface area (TPSA) is 93.8 Å². The van der Waals surface area contributed by atoms with Crippen molar-refractivity contribution in [3.63, 3.8) is 0 Å². The molecule has 0 aromatic heterocycles. The molecule has 6 nitrogen and oxygen atoms in total. The van der Waals surface area contributed by atoms with Gasteiger partial charge in [-0.25, -0.2) is 4.99 Å². The fourth-order valence-corrected chi connectivity index (χ4v) is 0.711. The van der Waals surface area contributed by atoms with E-state index >= 15 is 0 Å². The van der Waals surface area contributed by atoms with Crippen molar-refractivity contribution in [1.82, 2.24) is 5.48 Å². The minimum absolute atomic E-state index is 0.0650. The van der Waals surface area contributed by atoms with Gasteiger partial charge in [0, 0.05) is 18.7 Å². The first-order valence-electron chi connectivity index (χ1n) is 4.09. The van der Waals surface area contributed by atoms with Crippen LogP contribution in [0.15, 0.2) is 17.0 Å². The molecule has 1 amide bonds. The molecule has 0 fully saturated rings. The first-order valence-corrected chi connectivity index (χ1v) is 4.09. The van der Waals surface area contributed by atoms with Gasteiger partial charge in [0.25, 0.3) is 5.91 Å². The summed E-state index contributed by atoms with van der Waals surface area (Å²) < 4.78 is 0. The Bertz CT molecular complexity index is 307. The highest BCUT2D eigenvalue weighted by Gasteiger charge is 2.10. The van der Waals surface area contributed by atoms with Gasteiger partial charge in [-0.05, 0) is 6.92 Å². The molecule has 1 aliphatic heterocycles. The number of aliphatic imine (C=N–C) groups is 1. The van der Waals surface area contributed by atoms with Gasteiger partial charge >= 0.3 is 0 Å². The number of carbonyl (C=O) groups is 2. The summed E-state index contributed by atoms with van der Waals surface area (Å²) >= 11 is 0. The first kappa shape index (κ1) is 10.4. The molecule has 1 unspecified atom stereocenters. The maximum atomic E-state index is 10.9. The zero-order valence-corrected chi connectivity index (χ0v) is 7.69. The standard InChI is InChI=1S/C8H11N3O3/c1-5(9)8(13)11-14-7-4-6(12)2-3-10-7/h3-5H,2,9H2,1H3,(H,11,13). The molecule has 0 spiro atoms. The van der Waals surface area contributed by atoms with Gasteiger partial charge in [-0.15, -0.1) is 0 Å². The Morgan fingerprint density at radius 2 is 2.50 bits per heavy atom. The van der Waals surface area contributed by atoms with Crippen LogP contribution < -0.4 is 11.2 Å². The average molecular weight is 197 g/mol. The predicted molar refractivity (Wildman–Crippen MR) is 49.1 cm³/mol. The number of hydrogen-bond acceptors (Lipinski definition) is 5. The summed E-state index contributed by atoms with van der Waals surface area (Å²) in [6, 6.07) is -0.668. The summed E-state index contributed by atoms with van der Waals surface area (Å²) in [6.07, 6.45) is 2.88. The molecule has 0 aliphatic carbocycles. The summed E-state index contributed by atoms with van der Waals surface area (Å²) in [5, 5.41) is 0. The minimum Gasteiger partial charge on any atom is -0.359 e. The molecule has 1 rings (SSSR count). The molecule has 0 saturated heterocycles. The Hall–Kier alpha value is -1.69. The molecule has 1 heterocycles. The van der Waals surface area contributed by atoms with Crippen LogP contribution in [0.4, 0.5) is 0 Å². The lowest BCUT2D eigenvalue weighted by Crippen LogP contribution is -2.38. The van der Waals surface area contributed by atoms with E-state index < -0.39 is 11.9 Å². The molecule has 0 saturated carbocycles. The van der Waals surface area contributed by atoms with E-state index in [1.807, 2.05) is 0 Å². The van der Waals surface area contributed by atoms with Crippen LogP contribution in [0.5, 0.6) is 0 Å². The Morgan fingerprint density at radius 3 is 3.07 bits per heavy atom. The van der Waals surface area contributed by atoms with E-state index in [0.29, 0.717) is 0 Å². The number of nitrogens with two attached hydrogens (primary N) is 1. The quantitative estimate of drug-likeness (QED) is 0.583. The van der Waals surface area contributed by atoms with Gasteiger partial charge in [-0.3, -0.25) is 9.59 Å². The van der Waals surface area contributed by atoms with Crippen molar-refractivity contribution >= 4 is 17.9 Å². The van der Waals surface area contributed by atoms with Crippen LogP contribution in [0.25, 0.3) is 0 Å². The number of hydroxylamine groups is 1. The Morgan fingerprint density at radius 1 is 1.79 bits per heavy atom. The van der Waals surface area contributed by atoms with Crippen LogP contribution in [-0.4, -0.2) is 23.9 Å². The van der Waals surface area contributed by atoms with E-state index in [1.54, 1.807) is 0 Å². The number of carbonyl (C=O) groups excluding carboxylic acids is 2. The first-order chi connectivity index (χ1) is 6.59. The van der Waals surface area contributed by atoms with Gasteiger partial charge in [-0.1, -0.05) is 0 Å². The number of rotatable bonds is 3. The number of nitrogens with one attached hydrogen (secondary N) is 1. The average Bonchev–Trinajstić information content (AvgIpc) is 2.14. The Labute approximate surface area is 80.8 Å². The van der Waals surface area contributed by atoms with E-state index in [0.717, 1.165) is 0 Å². The van der Waals surface area contributed by atoms with Gasteiger partial charge < -0.3 is 10.6 Å². The number of nitrogens with zero attached hydrogens (tertiary/aromatic N) is 1. The van der Waals surface area contributed by atoms with Crippen molar-refractivity contribution in [2.45, 2.75) is 19.4 Å². The molecule has 1 aliphatic rings. The molecule has 0 radical (unpaired) electrons. The Balaban J connectivity index is 2.42. The second-order valence-corrected chi connectivity index (χ2v) is 2.82. The SMILES string of the molecule is CC(N)C(=O)NOC1=CC(=O)CC=N1. The second kappa shape index (κ2) is 4.52. The minimum atomic E-state index is -0.668. The molecule has 6 heteroatoms. The van der Waals surface area contributed by atoms with Gasteiger partial charge in [0.2, 0.25) is 5.88 Å². The molecular formula is C8H11N3O3. The third-order valence-corrected chi connectivity index (χ3v) is 1.47. The number of amides is 1. The van der Waals surface area contributed by atoms with Gasteiger partial charge in [0.15, 0.2) is 5.78 Å². The van der Waals surface area contributed by atoms with E-state index in [4.69, 9.17) is 10.6 Å².